The lowest BCUT2D eigenvalue weighted by molar-refractivity contribution is -0.129. The maximum atomic E-state index is 12.2. The zero-order valence-electron chi connectivity index (χ0n) is 11.3. The summed E-state index contributed by atoms with van der Waals surface area (Å²) in [7, 11) is -4.01. The molecule has 0 unspecified atom stereocenters. The molecule has 0 aliphatic rings. The van der Waals surface area contributed by atoms with Crippen molar-refractivity contribution in [1.29, 1.82) is 0 Å². The molecule has 0 aliphatic carbocycles. The van der Waals surface area contributed by atoms with Crippen molar-refractivity contribution in [2.24, 2.45) is 0 Å². The molecule has 2 rings (SSSR count). The van der Waals surface area contributed by atoms with E-state index in [1.54, 1.807) is 37.4 Å². The number of hydrogen-bond donors (Lipinski definition) is 1. The molecule has 0 atom stereocenters. The number of aromatic amines is 1. The Balaban J connectivity index is 2.29. The summed E-state index contributed by atoms with van der Waals surface area (Å²) < 4.78 is 61.9. The van der Waals surface area contributed by atoms with Crippen LogP contribution in [0, 0.1) is 0 Å². The largest absolute Gasteiger partial charge is 0.390 e. The monoisotopic (exact) mass is 320 g/mol. The van der Waals surface area contributed by atoms with E-state index in [2.05, 4.69) is 4.98 Å². The van der Waals surface area contributed by atoms with E-state index >= 15 is 0 Å². The molecule has 0 fully saturated rings. The van der Waals surface area contributed by atoms with Gasteiger partial charge in [-0.3, -0.25) is 4.31 Å². The van der Waals surface area contributed by atoms with Gasteiger partial charge in [0.05, 0.1) is 17.9 Å². The highest BCUT2D eigenvalue weighted by Crippen LogP contribution is 2.26. The Labute approximate surface area is 120 Å². The van der Waals surface area contributed by atoms with E-state index in [0.717, 1.165) is 15.2 Å². The predicted octanol–water partition coefficient (Wildman–Crippen LogP) is 3.28. The second kappa shape index (κ2) is 5.59. The zero-order chi connectivity index (χ0) is 15.7. The minimum Gasteiger partial charge on any atom is -0.361 e. The molecule has 0 aliphatic heterocycles. The zero-order valence-corrected chi connectivity index (χ0v) is 12.1. The third kappa shape index (κ3) is 3.69. The number of alkyl halides is 3. The van der Waals surface area contributed by atoms with Gasteiger partial charge >= 0.3 is 6.18 Å². The van der Waals surface area contributed by atoms with E-state index < -0.39 is 28.4 Å². The summed E-state index contributed by atoms with van der Waals surface area (Å²) in [4.78, 5) is 2.97. The summed E-state index contributed by atoms with van der Waals surface area (Å²) in [5, 5.41) is 0.803. The van der Waals surface area contributed by atoms with E-state index in [1.807, 2.05) is 0 Å². The topological polar surface area (TPSA) is 53.2 Å². The van der Waals surface area contributed by atoms with Crippen molar-refractivity contribution in [3.63, 3.8) is 0 Å². The molecule has 0 bridgehead atoms. The first-order chi connectivity index (χ1) is 9.73. The van der Waals surface area contributed by atoms with E-state index in [0.29, 0.717) is 5.69 Å². The fourth-order valence-corrected chi connectivity index (χ4v) is 3.63. The van der Waals surface area contributed by atoms with Crippen LogP contribution in [-0.2, 0) is 10.0 Å². The molecule has 0 saturated carbocycles. The van der Waals surface area contributed by atoms with Crippen molar-refractivity contribution >= 4 is 26.6 Å². The highest BCUT2D eigenvalue weighted by Gasteiger charge is 2.32. The fraction of sp³-hybridized carbons (Fsp3) is 0.385. The van der Waals surface area contributed by atoms with Crippen molar-refractivity contribution in [1.82, 2.24) is 4.98 Å². The molecule has 0 spiro atoms. The van der Waals surface area contributed by atoms with Crippen LogP contribution in [-0.4, -0.2) is 31.9 Å². The molecule has 0 saturated heterocycles. The molecular formula is C13H15F3N2O2S. The summed E-state index contributed by atoms with van der Waals surface area (Å²) in [6.07, 6.45) is -4.13. The van der Waals surface area contributed by atoms with Gasteiger partial charge in [-0.25, -0.2) is 8.42 Å². The molecule has 1 heterocycles. The second-order valence-electron chi connectivity index (χ2n) is 4.60. The fourth-order valence-electron chi connectivity index (χ4n) is 2.09. The Morgan fingerprint density at radius 2 is 1.95 bits per heavy atom. The molecule has 1 aromatic carbocycles. The Morgan fingerprint density at radius 1 is 1.24 bits per heavy atom. The Hall–Kier alpha value is -1.70. The van der Waals surface area contributed by atoms with Crippen LogP contribution in [0.5, 0.6) is 0 Å². The Kier molecular flexibility index (Phi) is 4.18. The molecule has 0 radical (unpaired) electrons. The highest BCUT2D eigenvalue weighted by molar-refractivity contribution is 7.92. The van der Waals surface area contributed by atoms with Crippen LogP contribution < -0.4 is 4.31 Å². The van der Waals surface area contributed by atoms with E-state index in [-0.39, 0.29) is 6.54 Å². The minimum atomic E-state index is -4.49. The van der Waals surface area contributed by atoms with Gasteiger partial charge in [-0.1, -0.05) is 0 Å². The number of sulfonamides is 1. The van der Waals surface area contributed by atoms with Crippen LogP contribution >= 0.6 is 0 Å². The predicted molar refractivity (Wildman–Crippen MR) is 75.8 cm³/mol. The molecule has 4 nitrogen and oxygen atoms in total. The number of rotatable bonds is 5. The minimum absolute atomic E-state index is 0.0795. The standard InChI is InChI=1S/C13H15F3N2O2S/c1-2-18(21(19,20)8-6-13(14,15)16)11-3-4-12-10(9-11)5-7-17-12/h3-5,7,9,17H,2,6,8H2,1H3. The van der Waals surface area contributed by atoms with Crippen molar-refractivity contribution in [2.45, 2.75) is 19.5 Å². The van der Waals surface area contributed by atoms with Crippen LogP contribution in [0.15, 0.2) is 30.5 Å². The molecule has 2 aromatic rings. The van der Waals surface area contributed by atoms with Gasteiger partial charge < -0.3 is 4.98 Å². The normalized spacial score (nSPS) is 12.8. The number of benzene rings is 1. The molecule has 1 aromatic heterocycles. The van der Waals surface area contributed by atoms with E-state index in [1.165, 1.54) is 0 Å². The lowest BCUT2D eigenvalue weighted by atomic mass is 10.2. The number of nitrogens with zero attached hydrogens (tertiary/aromatic N) is 1. The maximum absolute atomic E-state index is 12.2. The second-order valence-corrected chi connectivity index (χ2v) is 6.61. The van der Waals surface area contributed by atoms with Gasteiger partial charge in [-0.2, -0.15) is 13.2 Å². The summed E-state index contributed by atoms with van der Waals surface area (Å²) in [6.45, 7) is 1.67. The molecule has 8 heteroatoms. The average molecular weight is 320 g/mol. The third-order valence-corrected chi connectivity index (χ3v) is 4.95. The number of fused-ring (bicyclic) bond motifs is 1. The van der Waals surface area contributed by atoms with Crippen LogP contribution in [0.2, 0.25) is 0 Å². The van der Waals surface area contributed by atoms with Gasteiger partial charge in [0.15, 0.2) is 0 Å². The summed E-state index contributed by atoms with van der Waals surface area (Å²) in [5.74, 6) is -0.949. The number of anilines is 1. The van der Waals surface area contributed by atoms with Crippen LogP contribution in [0.4, 0.5) is 18.9 Å². The molecule has 1 N–H and O–H groups in total. The first-order valence-electron chi connectivity index (χ1n) is 6.37. The molecule has 21 heavy (non-hydrogen) atoms. The van der Waals surface area contributed by atoms with Crippen molar-refractivity contribution in [3.8, 4) is 0 Å². The van der Waals surface area contributed by atoms with Crippen LogP contribution in [0.25, 0.3) is 10.9 Å². The third-order valence-electron chi connectivity index (χ3n) is 3.09. The van der Waals surface area contributed by atoms with Gasteiger partial charge in [0.2, 0.25) is 10.0 Å². The van der Waals surface area contributed by atoms with Crippen LogP contribution in [0.1, 0.15) is 13.3 Å². The number of hydrogen-bond acceptors (Lipinski definition) is 2. The summed E-state index contributed by atoms with van der Waals surface area (Å²) in [6, 6.07) is 6.69. The van der Waals surface area contributed by atoms with Gasteiger partial charge in [-0.05, 0) is 31.2 Å². The van der Waals surface area contributed by atoms with Gasteiger partial charge in [0.25, 0.3) is 0 Å². The molecule has 0 amide bonds. The maximum Gasteiger partial charge on any atom is 0.390 e. The van der Waals surface area contributed by atoms with Crippen molar-refractivity contribution in [3.05, 3.63) is 30.5 Å². The van der Waals surface area contributed by atoms with Crippen LogP contribution in [0.3, 0.4) is 0 Å². The Bertz CT molecular complexity index is 722. The molecular weight excluding hydrogens is 305 g/mol. The molecule has 116 valence electrons. The van der Waals surface area contributed by atoms with Gasteiger partial charge in [0, 0.05) is 23.6 Å². The van der Waals surface area contributed by atoms with Gasteiger partial charge in [-0.15, -0.1) is 0 Å². The van der Waals surface area contributed by atoms with E-state index in [9.17, 15) is 21.6 Å². The lowest BCUT2D eigenvalue weighted by Crippen LogP contribution is -2.34. The number of halogens is 3. The van der Waals surface area contributed by atoms with Gasteiger partial charge in [0.1, 0.15) is 0 Å². The first-order valence-corrected chi connectivity index (χ1v) is 7.98. The number of aromatic nitrogens is 1. The summed E-state index contributed by atoms with van der Waals surface area (Å²) in [5.41, 5.74) is 1.20. The summed E-state index contributed by atoms with van der Waals surface area (Å²) >= 11 is 0. The Morgan fingerprint density at radius 3 is 2.57 bits per heavy atom. The lowest BCUT2D eigenvalue weighted by Gasteiger charge is -2.23. The number of H-pyrrole nitrogens is 1. The highest BCUT2D eigenvalue weighted by atomic mass is 32.2. The van der Waals surface area contributed by atoms with Crippen molar-refractivity contribution in [2.75, 3.05) is 16.6 Å². The first kappa shape index (κ1) is 15.7. The number of nitrogens with one attached hydrogen (secondary N) is 1. The quantitative estimate of drug-likeness (QED) is 0.919. The average Bonchev–Trinajstić information content (AvgIpc) is 2.84. The smallest absolute Gasteiger partial charge is 0.361 e. The van der Waals surface area contributed by atoms with Crippen molar-refractivity contribution < 1.29 is 21.6 Å². The van der Waals surface area contributed by atoms with E-state index in [4.69, 9.17) is 0 Å². The SMILES string of the molecule is CCN(c1ccc2[nH]ccc2c1)S(=O)(=O)CCC(F)(F)F.